The van der Waals surface area contributed by atoms with Gasteiger partial charge in [-0.1, -0.05) is 6.92 Å². The molecular formula is C14H16N4OS. The molecule has 0 aliphatic rings. The average molecular weight is 288 g/mol. The van der Waals surface area contributed by atoms with Crippen molar-refractivity contribution in [1.82, 2.24) is 19.3 Å². The minimum atomic E-state index is -0.0428. The van der Waals surface area contributed by atoms with E-state index in [0.717, 1.165) is 28.3 Å². The third-order valence-corrected chi connectivity index (χ3v) is 4.12. The highest BCUT2D eigenvalue weighted by molar-refractivity contribution is 7.15. The molecule has 3 rings (SSSR count). The molecule has 3 aromatic rings. The molecule has 3 heterocycles. The Morgan fingerprint density at radius 3 is 3.05 bits per heavy atom. The maximum absolute atomic E-state index is 12.2. The van der Waals surface area contributed by atoms with Crippen molar-refractivity contribution in [3.63, 3.8) is 0 Å². The van der Waals surface area contributed by atoms with Gasteiger partial charge in [0.25, 0.3) is 5.91 Å². The summed E-state index contributed by atoms with van der Waals surface area (Å²) in [5.74, 6) is -0.0428. The van der Waals surface area contributed by atoms with Gasteiger partial charge in [-0.2, -0.15) is 0 Å². The van der Waals surface area contributed by atoms with E-state index in [2.05, 4.69) is 17.2 Å². The Labute approximate surface area is 120 Å². The van der Waals surface area contributed by atoms with Crippen molar-refractivity contribution in [1.29, 1.82) is 0 Å². The molecule has 6 heteroatoms. The fraction of sp³-hybridized carbons (Fsp3) is 0.286. The van der Waals surface area contributed by atoms with Crippen LogP contribution in [0, 0.1) is 0 Å². The van der Waals surface area contributed by atoms with Gasteiger partial charge >= 0.3 is 0 Å². The van der Waals surface area contributed by atoms with Crippen LogP contribution in [0.3, 0.4) is 0 Å². The first-order valence-corrected chi connectivity index (χ1v) is 7.40. The van der Waals surface area contributed by atoms with E-state index < -0.39 is 0 Å². The van der Waals surface area contributed by atoms with E-state index >= 15 is 0 Å². The molecule has 5 nitrogen and oxygen atoms in total. The smallest absolute Gasteiger partial charge is 0.253 e. The SMILES string of the molecule is CCc1c(C(=O)NCc2cn3ccsc3n2)ccn1C. The highest BCUT2D eigenvalue weighted by Crippen LogP contribution is 2.13. The summed E-state index contributed by atoms with van der Waals surface area (Å²) in [6.07, 6.45) is 6.66. The van der Waals surface area contributed by atoms with Gasteiger partial charge in [0.1, 0.15) is 0 Å². The van der Waals surface area contributed by atoms with E-state index in [4.69, 9.17) is 0 Å². The molecule has 0 spiro atoms. The first-order valence-electron chi connectivity index (χ1n) is 6.52. The monoisotopic (exact) mass is 288 g/mol. The molecule has 0 radical (unpaired) electrons. The highest BCUT2D eigenvalue weighted by Gasteiger charge is 2.13. The number of aryl methyl sites for hydroxylation is 1. The normalized spacial score (nSPS) is 11.1. The first kappa shape index (κ1) is 12.9. The van der Waals surface area contributed by atoms with Gasteiger partial charge in [-0.25, -0.2) is 4.98 Å². The molecular weight excluding hydrogens is 272 g/mol. The summed E-state index contributed by atoms with van der Waals surface area (Å²) in [6.45, 7) is 2.50. The maximum atomic E-state index is 12.2. The van der Waals surface area contributed by atoms with Gasteiger partial charge in [-0.05, 0) is 12.5 Å². The summed E-state index contributed by atoms with van der Waals surface area (Å²) < 4.78 is 3.95. The quantitative estimate of drug-likeness (QED) is 0.800. The van der Waals surface area contributed by atoms with Gasteiger partial charge < -0.3 is 9.88 Å². The van der Waals surface area contributed by atoms with Crippen LogP contribution in [0.2, 0.25) is 0 Å². The predicted molar refractivity (Wildman–Crippen MR) is 79.0 cm³/mol. The van der Waals surface area contributed by atoms with Crippen LogP contribution in [0.1, 0.15) is 28.7 Å². The number of nitrogens with zero attached hydrogens (tertiary/aromatic N) is 3. The topological polar surface area (TPSA) is 51.3 Å². The van der Waals surface area contributed by atoms with Gasteiger partial charge in [-0.3, -0.25) is 9.20 Å². The molecule has 1 amide bonds. The Morgan fingerprint density at radius 2 is 2.30 bits per heavy atom. The molecule has 3 aromatic heterocycles. The second-order valence-corrected chi connectivity index (χ2v) is 5.52. The van der Waals surface area contributed by atoms with Crippen LogP contribution in [-0.2, 0) is 20.0 Å². The van der Waals surface area contributed by atoms with Crippen molar-refractivity contribution in [3.05, 3.63) is 47.0 Å². The Kier molecular flexibility index (Phi) is 3.31. The van der Waals surface area contributed by atoms with Gasteiger partial charge in [0, 0.05) is 36.7 Å². The third kappa shape index (κ3) is 2.22. The van der Waals surface area contributed by atoms with Crippen molar-refractivity contribution < 1.29 is 4.79 Å². The summed E-state index contributed by atoms with van der Waals surface area (Å²) in [5, 5.41) is 4.92. The first-order chi connectivity index (χ1) is 9.69. The number of carbonyl (C=O) groups is 1. The lowest BCUT2D eigenvalue weighted by molar-refractivity contribution is 0.0949. The summed E-state index contributed by atoms with van der Waals surface area (Å²) in [6, 6.07) is 1.86. The molecule has 104 valence electrons. The number of thiazole rings is 1. The Balaban J connectivity index is 1.71. The number of rotatable bonds is 4. The van der Waals surface area contributed by atoms with Gasteiger partial charge in [0.2, 0.25) is 0 Å². The van der Waals surface area contributed by atoms with Crippen LogP contribution in [0.25, 0.3) is 4.96 Å². The molecule has 0 aliphatic carbocycles. The second-order valence-electron chi connectivity index (χ2n) is 4.65. The second kappa shape index (κ2) is 5.13. The highest BCUT2D eigenvalue weighted by atomic mass is 32.1. The van der Waals surface area contributed by atoms with E-state index in [9.17, 15) is 4.79 Å². The zero-order chi connectivity index (χ0) is 14.1. The lowest BCUT2D eigenvalue weighted by Gasteiger charge is -2.05. The van der Waals surface area contributed by atoms with Crippen molar-refractivity contribution in [2.75, 3.05) is 0 Å². The molecule has 0 saturated heterocycles. The zero-order valence-corrected chi connectivity index (χ0v) is 12.3. The van der Waals surface area contributed by atoms with Crippen LogP contribution in [0.4, 0.5) is 0 Å². The summed E-state index contributed by atoms with van der Waals surface area (Å²) in [4.78, 5) is 17.6. The number of aromatic nitrogens is 3. The number of fused-ring (bicyclic) bond motifs is 1. The number of amides is 1. The van der Waals surface area contributed by atoms with Crippen molar-refractivity contribution in [3.8, 4) is 0 Å². The largest absolute Gasteiger partial charge is 0.354 e. The molecule has 0 unspecified atom stereocenters. The van der Waals surface area contributed by atoms with Crippen molar-refractivity contribution >= 4 is 22.2 Å². The van der Waals surface area contributed by atoms with Crippen molar-refractivity contribution in [2.45, 2.75) is 19.9 Å². The predicted octanol–water partition coefficient (Wildman–Crippen LogP) is 2.23. The summed E-state index contributed by atoms with van der Waals surface area (Å²) in [7, 11) is 1.96. The van der Waals surface area contributed by atoms with E-state index in [-0.39, 0.29) is 5.91 Å². The number of hydrogen-bond acceptors (Lipinski definition) is 3. The zero-order valence-electron chi connectivity index (χ0n) is 11.5. The lowest BCUT2D eigenvalue weighted by atomic mass is 10.2. The van der Waals surface area contributed by atoms with E-state index in [0.29, 0.717) is 6.54 Å². The molecule has 20 heavy (non-hydrogen) atoms. The van der Waals surface area contributed by atoms with Crippen LogP contribution in [-0.4, -0.2) is 19.9 Å². The molecule has 0 aromatic carbocycles. The number of hydrogen-bond donors (Lipinski definition) is 1. The molecule has 0 fully saturated rings. The van der Waals surface area contributed by atoms with Gasteiger partial charge in [0.05, 0.1) is 17.8 Å². The number of carbonyl (C=O) groups excluding carboxylic acids is 1. The van der Waals surface area contributed by atoms with E-state index in [1.54, 1.807) is 11.3 Å². The van der Waals surface area contributed by atoms with Crippen LogP contribution in [0.15, 0.2) is 30.0 Å². The van der Waals surface area contributed by atoms with Gasteiger partial charge in [0.15, 0.2) is 4.96 Å². The minimum Gasteiger partial charge on any atom is -0.354 e. The van der Waals surface area contributed by atoms with Crippen LogP contribution < -0.4 is 5.32 Å². The Morgan fingerprint density at radius 1 is 1.45 bits per heavy atom. The number of imidazole rings is 1. The molecule has 0 bridgehead atoms. The van der Waals surface area contributed by atoms with E-state index in [1.807, 2.05) is 46.1 Å². The molecule has 0 saturated carbocycles. The Bertz CT molecular complexity index is 724. The fourth-order valence-electron chi connectivity index (χ4n) is 2.34. The number of nitrogens with one attached hydrogen (secondary N) is 1. The van der Waals surface area contributed by atoms with Crippen molar-refractivity contribution in [2.24, 2.45) is 7.05 Å². The van der Waals surface area contributed by atoms with E-state index in [1.165, 1.54) is 0 Å². The fourth-order valence-corrected chi connectivity index (χ4v) is 3.06. The average Bonchev–Trinajstić information content (AvgIpc) is 3.09. The minimum absolute atomic E-state index is 0.0428. The molecule has 1 N–H and O–H groups in total. The summed E-state index contributed by atoms with van der Waals surface area (Å²) in [5.41, 5.74) is 2.67. The Hall–Kier alpha value is -2.08. The van der Waals surface area contributed by atoms with Crippen LogP contribution >= 0.6 is 11.3 Å². The lowest BCUT2D eigenvalue weighted by Crippen LogP contribution is -2.23. The molecule has 0 aliphatic heterocycles. The summed E-state index contributed by atoms with van der Waals surface area (Å²) >= 11 is 1.58. The standard InChI is InChI=1S/C14H16N4OS/c1-3-12-11(4-5-17(12)2)13(19)15-8-10-9-18-6-7-20-14(18)16-10/h4-7,9H,3,8H2,1-2H3,(H,15,19). The third-order valence-electron chi connectivity index (χ3n) is 3.35. The van der Waals surface area contributed by atoms with Gasteiger partial charge in [-0.15, -0.1) is 11.3 Å². The molecule has 0 atom stereocenters. The maximum Gasteiger partial charge on any atom is 0.253 e. The van der Waals surface area contributed by atoms with Crippen LogP contribution in [0.5, 0.6) is 0 Å².